The summed E-state index contributed by atoms with van der Waals surface area (Å²) in [6, 6.07) is 7.73. The minimum Gasteiger partial charge on any atom is -0.275 e. The number of hydrogen-bond acceptors (Lipinski definition) is 4. The Labute approximate surface area is 153 Å². The van der Waals surface area contributed by atoms with Crippen LogP contribution in [0.2, 0.25) is 0 Å². The van der Waals surface area contributed by atoms with Crippen LogP contribution in [-0.2, 0) is 10.2 Å². The van der Waals surface area contributed by atoms with E-state index in [0.29, 0.717) is 11.5 Å². The number of carbonyl (C=O) groups excluding carboxylic acids is 1. The highest BCUT2D eigenvalue weighted by molar-refractivity contribution is 6.52. The SMILES string of the molecule is CC1=NC(=O)C2C(=N1)C(C(C)c1ccc(C(C)(C)C)cc1)=NN2CCF. The monoisotopic (exact) mass is 356 g/mol. The van der Waals surface area contributed by atoms with Gasteiger partial charge in [-0.25, -0.2) is 9.38 Å². The number of hydrogen-bond donors (Lipinski definition) is 0. The number of fused-ring (bicyclic) bond motifs is 1. The molecule has 2 aliphatic rings. The molecular formula is C20H25FN4O. The summed E-state index contributed by atoms with van der Waals surface area (Å²) >= 11 is 0. The molecular weight excluding hydrogens is 331 g/mol. The zero-order valence-corrected chi connectivity index (χ0v) is 16.0. The van der Waals surface area contributed by atoms with Crippen molar-refractivity contribution in [3.8, 4) is 0 Å². The van der Waals surface area contributed by atoms with Gasteiger partial charge in [0.2, 0.25) is 0 Å². The fourth-order valence-corrected chi connectivity index (χ4v) is 3.32. The van der Waals surface area contributed by atoms with E-state index in [1.165, 1.54) is 10.6 Å². The van der Waals surface area contributed by atoms with E-state index in [2.05, 4.69) is 60.1 Å². The zero-order valence-electron chi connectivity index (χ0n) is 16.0. The lowest BCUT2D eigenvalue weighted by Gasteiger charge is -2.22. The molecule has 0 saturated heterocycles. The molecule has 5 nitrogen and oxygen atoms in total. The van der Waals surface area contributed by atoms with Crippen molar-refractivity contribution in [3.63, 3.8) is 0 Å². The van der Waals surface area contributed by atoms with E-state index >= 15 is 0 Å². The molecule has 6 heteroatoms. The summed E-state index contributed by atoms with van der Waals surface area (Å²) in [6.07, 6.45) is 0. The molecule has 0 N–H and O–H groups in total. The summed E-state index contributed by atoms with van der Waals surface area (Å²) in [5, 5.41) is 6.02. The first-order valence-electron chi connectivity index (χ1n) is 8.92. The Kier molecular flexibility index (Phi) is 4.78. The van der Waals surface area contributed by atoms with E-state index < -0.39 is 12.7 Å². The van der Waals surface area contributed by atoms with E-state index in [9.17, 15) is 9.18 Å². The number of halogens is 1. The third kappa shape index (κ3) is 3.32. The van der Waals surface area contributed by atoms with Gasteiger partial charge in [-0.2, -0.15) is 10.1 Å². The molecule has 2 aliphatic heterocycles. The molecule has 0 fully saturated rings. The first-order chi connectivity index (χ1) is 12.2. The number of alkyl halides is 1. The molecule has 2 heterocycles. The van der Waals surface area contributed by atoms with Crippen molar-refractivity contribution in [1.82, 2.24) is 5.01 Å². The molecule has 1 amide bonds. The van der Waals surface area contributed by atoms with Gasteiger partial charge in [-0.15, -0.1) is 0 Å². The van der Waals surface area contributed by atoms with Crippen molar-refractivity contribution in [3.05, 3.63) is 35.4 Å². The van der Waals surface area contributed by atoms with Crippen molar-refractivity contribution < 1.29 is 9.18 Å². The maximum absolute atomic E-state index is 12.9. The first kappa shape index (κ1) is 18.4. The third-order valence-electron chi connectivity index (χ3n) is 4.84. The van der Waals surface area contributed by atoms with E-state index in [1.54, 1.807) is 6.92 Å². The van der Waals surface area contributed by atoms with Gasteiger partial charge >= 0.3 is 0 Å². The van der Waals surface area contributed by atoms with Crippen molar-refractivity contribution in [2.75, 3.05) is 13.2 Å². The lowest BCUT2D eigenvalue weighted by molar-refractivity contribution is -0.120. The molecule has 2 unspecified atom stereocenters. The highest BCUT2D eigenvalue weighted by Gasteiger charge is 2.42. The summed E-state index contributed by atoms with van der Waals surface area (Å²) in [4.78, 5) is 20.7. The molecule has 0 aliphatic carbocycles. The second-order valence-electron chi connectivity index (χ2n) is 7.83. The maximum Gasteiger partial charge on any atom is 0.278 e. The Hall–Kier alpha value is -2.37. The van der Waals surface area contributed by atoms with Gasteiger partial charge in [-0.05, 0) is 23.5 Å². The van der Waals surface area contributed by atoms with Crippen LogP contribution in [0.3, 0.4) is 0 Å². The quantitative estimate of drug-likeness (QED) is 0.829. The van der Waals surface area contributed by atoms with Gasteiger partial charge in [0, 0.05) is 5.92 Å². The van der Waals surface area contributed by atoms with Crippen LogP contribution in [0.1, 0.15) is 51.7 Å². The molecule has 0 radical (unpaired) electrons. The summed E-state index contributed by atoms with van der Waals surface area (Å²) < 4.78 is 12.9. The minimum absolute atomic E-state index is 0.0476. The van der Waals surface area contributed by atoms with Gasteiger partial charge in [0.1, 0.15) is 18.2 Å². The van der Waals surface area contributed by atoms with Crippen LogP contribution < -0.4 is 0 Å². The number of hydrazone groups is 1. The number of amides is 1. The molecule has 1 aromatic rings. The second kappa shape index (κ2) is 6.74. The summed E-state index contributed by atoms with van der Waals surface area (Å²) in [5.41, 5.74) is 3.75. The van der Waals surface area contributed by atoms with Gasteiger partial charge in [0.15, 0.2) is 6.04 Å². The molecule has 0 spiro atoms. The smallest absolute Gasteiger partial charge is 0.275 e. The summed E-state index contributed by atoms with van der Waals surface area (Å²) in [6.45, 7) is 9.74. The lowest BCUT2D eigenvalue weighted by Crippen LogP contribution is -2.44. The van der Waals surface area contributed by atoms with Crippen molar-refractivity contribution in [2.45, 2.75) is 52.0 Å². The van der Waals surface area contributed by atoms with Crippen LogP contribution in [0.4, 0.5) is 4.39 Å². The van der Waals surface area contributed by atoms with Crippen molar-refractivity contribution in [2.24, 2.45) is 15.1 Å². The third-order valence-corrected chi connectivity index (χ3v) is 4.84. The van der Waals surface area contributed by atoms with E-state index in [1.807, 2.05) is 6.92 Å². The molecule has 0 bridgehead atoms. The predicted octanol–water partition coefficient (Wildman–Crippen LogP) is 3.50. The highest BCUT2D eigenvalue weighted by Crippen LogP contribution is 2.29. The Balaban J connectivity index is 1.95. The average Bonchev–Trinajstić information content (AvgIpc) is 2.92. The van der Waals surface area contributed by atoms with Crippen molar-refractivity contribution in [1.29, 1.82) is 0 Å². The van der Waals surface area contributed by atoms with Crippen molar-refractivity contribution >= 4 is 23.2 Å². The Morgan fingerprint density at radius 1 is 1.19 bits per heavy atom. The van der Waals surface area contributed by atoms with Crippen LogP contribution in [0.15, 0.2) is 39.4 Å². The molecule has 138 valence electrons. The van der Waals surface area contributed by atoms with Gasteiger partial charge in [-0.3, -0.25) is 9.80 Å². The number of amidine groups is 1. The number of nitrogens with zero attached hydrogens (tertiary/aromatic N) is 4. The van der Waals surface area contributed by atoms with Gasteiger partial charge in [0.05, 0.1) is 12.3 Å². The highest BCUT2D eigenvalue weighted by atomic mass is 19.1. The zero-order chi connectivity index (χ0) is 19.1. The Bertz CT molecular complexity index is 802. The molecule has 0 aromatic heterocycles. The normalized spacial score (nSPS) is 21.2. The lowest BCUT2D eigenvalue weighted by atomic mass is 9.84. The standard InChI is InChI=1S/C20H25FN4O/c1-12(14-6-8-15(9-7-14)20(3,4)5)16-17-18(25(24-16)11-10-21)19(26)23-13(2)22-17/h6-9,12,18H,10-11H2,1-5H3. The van der Waals surface area contributed by atoms with Gasteiger partial charge < -0.3 is 0 Å². The fourth-order valence-electron chi connectivity index (χ4n) is 3.32. The van der Waals surface area contributed by atoms with E-state index in [0.717, 1.165) is 11.3 Å². The molecule has 1 aromatic carbocycles. The van der Waals surface area contributed by atoms with E-state index in [4.69, 9.17) is 0 Å². The van der Waals surface area contributed by atoms with Crippen LogP contribution in [-0.4, -0.2) is 47.4 Å². The minimum atomic E-state index is -0.694. The Morgan fingerprint density at radius 3 is 2.42 bits per heavy atom. The van der Waals surface area contributed by atoms with Gasteiger partial charge in [-0.1, -0.05) is 52.0 Å². The number of rotatable bonds is 4. The van der Waals surface area contributed by atoms with Crippen LogP contribution in [0, 0.1) is 0 Å². The van der Waals surface area contributed by atoms with Crippen LogP contribution in [0.25, 0.3) is 0 Å². The largest absolute Gasteiger partial charge is 0.278 e. The maximum atomic E-state index is 12.9. The Morgan fingerprint density at radius 2 is 1.85 bits per heavy atom. The second-order valence-corrected chi connectivity index (χ2v) is 7.83. The van der Waals surface area contributed by atoms with Crippen LogP contribution in [0.5, 0.6) is 0 Å². The van der Waals surface area contributed by atoms with Gasteiger partial charge in [0.25, 0.3) is 5.91 Å². The first-order valence-corrected chi connectivity index (χ1v) is 8.92. The van der Waals surface area contributed by atoms with Crippen LogP contribution >= 0.6 is 0 Å². The number of aliphatic imine (C=N–C) groups is 2. The predicted molar refractivity (Wildman–Crippen MR) is 103 cm³/mol. The molecule has 26 heavy (non-hydrogen) atoms. The van der Waals surface area contributed by atoms with E-state index in [-0.39, 0.29) is 23.8 Å². The molecule has 0 saturated carbocycles. The topological polar surface area (TPSA) is 57.4 Å². The number of carbonyl (C=O) groups is 1. The molecule has 2 atom stereocenters. The average molecular weight is 356 g/mol. The summed E-state index contributed by atoms with van der Waals surface area (Å²) in [7, 11) is 0. The fraction of sp³-hybridized carbons (Fsp3) is 0.500. The molecule has 3 rings (SSSR count). The number of benzene rings is 1. The summed E-state index contributed by atoms with van der Waals surface area (Å²) in [5.74, 6) is 0.0508.